The summed E-state index contributed by atoms with van der Waals surface area (Å²) in [4.78, 5) is 2.44. The first-order valence-corrected chi connectivity index (χ1v) is 8.84. The number of nitrogens with two attached hydrogens (primary N) is 1. The van der Waals surface area contributed by atoms with Crippen molar-refractivity contribution in [2.45, 2.75) is 63.8 Å². The predicted molar refractivity (Wildman–Crippen MR) is 95.7 cm³/mol. The van der Waals surface area contributed by atoms with Crippen LogP contribution < -0.4 is 16.4 Å². The molecule has 0 radical (unpaired) electrons. The Morgan fingerprint density at radius 1 is 1.13 bits per heavy atom. The summed E-state index contributed by atoms with van der Waals surface area (Å²) in [6, 6.07) is 0. The molecule has 6 nitrogen and oxygen atoms in total. The van der Waals surface area contributed by atoms with Gasteiger partial charge in [-0.15, -0.1) is 0 Å². The fourth-order valence-corrected chi connectivity index (χ4v) is 3.38. The van der Waals surface area contributed by atoms with Gasteiger partial charge in [0.25, 0.3) is 0 Å². The minimum absolute atomic E-state index is 0.115. The van der Waals surface area contributed by atoms with E-state index in [0.717, 1.165) is 32.5 Å². The zero-order valence-electron chi connectivity index (χ0n) is 15.7. The molecule has 1 saturated heterocycles. The van der Waals surface area contributed by atoms with Crippen molar-refractivity contribution in [3.63, 3.8) is 0 Å². The molecule has 0 spiro atoms. The average Bonchev–Trinajstić information content (AvgIpc) is 2.45. The van der Waals surface area contributed by atoms with Gasteiger partial charge in [0.1, 0.15) is 0 Å². The van der Waals surface area contributed by atoms with Crippen LogP contribution in [0.4, 0.5) is 0 Å². The van der Waals surface area contributed by atoms with E-state index in [1.807, 2.05) is 0 Å². The summed E-state index contributed by atoms with van der Waals surface area (Å²) in [7, 11) is 2.19. The number of aliphatic hydroxyl groups excluding tert-OH is 1. The van der Waals surface area contributed by atoms with Gasteiger partial charge >= 0.3 is 0 Å². The topological polar surface area (TPSA) is 82.8 Å². The third kappa shape index (κ3) is 7.03. The largest absolute Gasteiger partial charge is 0.389 e. The molecule has 1 atom stereocenters. The second kappa shape index (κ2) is 9.30. The highest BCUT2D eigenvalue weighted by molar-refractivity contribution is 4.99. The fraction of sp³-hybridized carbons (Fsp3) is 1.00. The highest BCUT2D eigenvalue weighted by Gasteiger charge is 2.43. The molecule has 1 aliphatic heterocycles. The van der Waals surface area contributed by atoms with Crippen LogP contribution in [0.15, 0.2) is 0 Å². The zero-order chi connectivity index (χ0) is 17.5. The molecule has 0 amide bonds. The molecule has 0 aromatic rings. The maximum Gasteiger partial charge on any atom is 0.0897 e. The van der Waals surface area contributed by atoms with Gasteiger partial charge < -0.3 is 26.2 Å². The maximum atomic E-state index is 10.1. The van der Waals surface area contributed by atoms with Gasteiger partial charge in [-0.1, -0.05) is 0 Å². The number of hydrogen-bond donors (Lipinski definition) is 4. The van der Waals surface area contributed by atoms with E-state index in [1.165, 1.54) is 0 Å². The third-order valence-electron chi connectivity index (χ3n) is 4.97. The van der Waals surface area contributed by atoms with Crippen molar-refractivity contribution in [3.05, 3.63) is 0 Å². The fourth-order valence-electron chi connectivity index (χ4n) is 3.38. The molecule has 5 N–H and O–H groups in total. The SMILES string of the molecule is CN1C(C)(C)CC(OCC(O)CNCCNCCN)CC1(C)C. The number of piperidine rings is 1. The van der Waals surface area contributed by atoms with Crippen LogP contribution in [-0.2, 0) is 4.74 Å². The number of rotatable bonds is 10. The summed E-state index contributed by atoms with van der Waals surface area (Å²) in [6.07, 6.45) is 1.74. The van der Waals surface area contributed by atoms with Crippen LogP contribution in [-0.4, -0.2) is 79.7 Å². The second-order valence-corrected chi connectivity index (χ2v) is 7.94. The van der Waals surface area contributed by atoms with Gasteiger partial charge in [0.05, 0.1) is 18.8 Å². The Balaban J connectivity index is 2.24. The maximum absolute atomic E-state index is 10.1. The van der Waals surface area contributed by atoms with Crippen LogP contribution >= 0.6 is 0 Å². The number of nitrogens with one attached hydrogen (secondary N) is 2. The van der Waals surface area contributed by atoms with E-state index < -0.39 is 6.10 Å². The summed E-state index contributed by atoms with van der Waals surface area (Å²) < 4.78 is 6.01. The van der Waals surface area contributed by atoms with Crippen molar-refractivity contribution in [1.82, 2.24) is 15.5 Å². The van der Waals surface area contributed by atoms with Gasteiger partial charge in [-0.05, 0) is 47.6 Å². The van der Waals surface area contributed by atoms with E-state index in [0.29, 0.717) is 19.7 Å². The van der Waals surface area contributed by atoms with Crippen LogP contribution in [0.25, 0.3) is 0 Å². The first-order chi connectivity index (χ1) is 10.7. The Bertz CT molecular complexity index is 319. The van der Waals surface area contributed by atoms with E-state index in [9.17, 15) is 5.11 Å². The molecule has 1 unspecified atom stereocenters. The smallest absolute Gasteiger partial charge is 0.0897 e. The van der Waals surface area contributed by atoms with Crippen molar-refractivity contribution in [1.29, 1.82) is 0 Å². The van der Waals surface area contributed by atoms with Crippen LogP contribution in [0.5, 0.6) is 0 Å². The number of hydrogen-bond acceptors (Lipinski definition) is 6. The summed E-state index contributed by atoms with van der Waals surface area (Å²) in [6.45, 7) is 13.2. The lowest BCUT2D eigenvalue weighted by Crippen LogP contribution is -2.60. The first kappa shape index (κ1) is 20.8. The lowest BCUT2D eigenvalue weighted by molar-refractivity contribution is -0.105. The Kier molecular flexibility index (Phi) is 8.41. The quantitative estimate of drug-likeness (QED) is 0.427. The molecule has 0 aliphatic carbocycles. The zero-order valence-corrected chi connectivity index (χ0v) is 15.7. The summed E-state index contributed by atoms with van der Waals surface area (Å²) in [5.41, 5.74) is 5.64. The Morgan fingerprint density at radius 2 is 1.70 bits per heavy atom. The number of nitrogens with zero attached hydrogens (tertiary/aromatic N) is 1. The molecule has 0 bridgehead atoms. The standard InChI is InChI=1S/C17H38N4O2/c1-16(2)10-15(11-17(3,4)21(16)5)23-13-14(22)12-20-9-8-19-7-6-18/h14-15,19-20,22H,6-13,18H2,1-5H3. The van der Waals surface area contributed by atoms with Crippen molar-refractivity contribution in [2.24, 2.45) is 5.73 Å². The third-order valence-corrected chi connectivity index (χ3v) is 4.97. The molecular formula is C17H38N4O2. The molecule has 0 aromatic heterocycles. The molecule has 1 heterocycles. The van der Waals surface area contributed by atoms with Gasteiger partial charge in [-0.25, -0.2) is 0 Å². The molecule has 0 saturated carbocycles. The van der Waals surface area contributed by atoms with Crippen LogP contribution in [0, 0.1) is 0 Å². The second-order valence-electron chi connectivity index (χ2n) is 7.94. The van der Waals surface area contributed by atoms with Crippen LogP contribution in [0.1, 0.15) is 40.5 Å². The number of aliphatic hydroxyl groups is 1. The number of ether oxygens (including phenoxy) is 1. The van der Waals surface area contributed by atoms with E-state index in [-0.39, 0.29) is 17.2 Å². The van der Waals surface area contributed by atoms with Crippen LogP contribution in [0.3, 0.4) is 0 Å². The van der Waals surface area contributed by atoms with Crippen molar-refractivity contribution in [2.75, 3.05) is 46.4 Å². The van der Waals surface area contributed by atoms with E-state index in [4.69, 9.17) is 10.5 Å². The molecule has 0 aromatic carbocycles. The highest BCUT2D eigenvalue weighted by atomic mass is 16.5. The monoisotopic (exact) mass is 330 g/mol. The first-order valence-electron chi connectivity index (χ1n) is 8.84. The lowest BCUT2D eigenvalue weighted by Gasteiger charge is -2.53. The van der Waals surface area contributed by atoms with Gasteiger partial charge in [-0.3, -0.25) is 4.90 Å². The highest BCUT2D eigenvalue weighted by Crippen LogP contribution is 2.37. The van der Waals surface area contributed by atoms with Crippen molar-refractivity contribution in [3.8, 4) is 0 Å². The average molecular weight is 331 g/mol. The predicted octanol–water partition coefficient (Wildman–Crippen LogP) is 0.153. The van der Waals surface area contributed by atoms with Gasteiger partial charge in [-0.2, -0.15) is 0 Å². The van der Waals surface area contributed by atoms with E-state index in [1.54, 1.807) is 0 Å². The molecular weight excluding hydrogens is 292 g/mol. The van der Waals surface area contributed by atoms with Gasteiger partial charge in [0.2, 0.25) is 0 Å². The van der Waals surface area contributed by atoms with E-state index >= 15 is 0 Å². The van der Waals surface area contributed by atoms with Gasteiger partial charge in [0, 0.05) is 43.8 Å². The van der Waals surface area contributed by atoms with Gasteiger partial charge in [0.15, 0.2) is 0 Å². The number of likely N-dealkylation sites (tertiary alicyclic amines) is 1. The summed E-state index contributed by atoms with van der Waals surface area (Å²) in [5.74, 6) is 0. The molecule has 138 valence electrons. The molecule has 1 aliphatic rings. The van der Waals surface area contributed by atoms with E-state index in [2.05, 4.69) is 50.3 Å². The lowest BCUT2D eigenvalue weighted by atomic mass is 9.79. The molecule has 1 fully saturated rings. The summed E-state index contributed by atoms with van der Waals surface area (Å²) in [5, 5.41) is 16.5. The minimum Gasteiger partial charge on any atom is -0.389 e. The Hall–Kier alpha value is -0.240. The van der Waals surface area contributed by atoms with Crippen LogP contribution in [0.2, 0.25) is 0 Å². The normalized spacial score (nSPS) is 23.1. The molecule has 6 heteroatoms. The van der Waals surface area contributed by atoms with Crippen molar-refractivity contribution < 1.29 is 9.84 Å². The molecule has 23 heavy (non-hydrogen) atoms. The molecule has 1 rings (SSSR count). The summed E-state index contributed by atoms with van der Waals surface area (Å²) >= 11 is 0. The van der Waals surface area contributed by atoms with Crippen molar-refractivity contribution >= 4 is 0 Å². The minimum atomic E-state index is -0.463. The Morgan fingerprint density at radius 3 is 2.26 bits per heavy atom. The Labute approximate surface area is 142 Å².